The third kappa shape index (κ3) is 3.97. The highest BCUT2D eigenvalue weighted by Gasteiger charge is 2.12. The Kier molecular flexibility index (Phi) is 5.40. The summed E-state index contributed by atoms with van der Waals surface area (Å²) in [4.78, 5) is 2.42. The minimum absolute atomic E-state index is 0.622. The normalized spacial score (nSPS) is 16.7. The predicted molar refractivity (Wildman–Crippen MR) is 91.4 cm³/mol. The summed E-state index contributed by atoms with van der Waals surface area (Å²) in [5.41, 5.74) is 0.898. The van der Waals surface area contributed by atoms with E-state index in [1.54, 1.807) is 16.5 Å². The van der Waals surface area contributed by atoms with Gasteiger partial charge in [0.15, 0.2) is 0 Å². The molecule has 1 aromatic carbocycles. The van der Waals surface area contributed by atoms with Crippen LogP contribution in [0.25, 0.3) is 5.69 Å². The summed E-state index contributed by atoms with van der Waals surface area (Å²) in [5.74, 6) is 0.813. The van der Waals surface area contributed by atoms with Crippen molar-refractivity contribution in [3.63, 3.8) is 0 Å². The predicted octanol–water partition coefficient (Wildman–Crippen LogP) is 3.03. The van der Waals surface area contributed by atoms with Crippen LogP contribution in [0, 0.1) is 4.77 Å². The maximum atomic E-state index is 5.54. The molecule has 2 heterocycles. The Morgan fingerprint density at radius 1 is 1.00 bits per heavy atom. The third-order valence-electron chi connectivity index (χ3n) is 4.24. The first-order chi connectivity index (χ1) is 11.3. The Morgan fingerprint density at radius 2 is 1.65 bits per heavy atom. The number of methoxy groups -OCH3 is 1. The molecule has 0 N–H and O–H groups in total. The smallest absolute Gasteiger partial charge is 0.221 e. The Balaban J connectivity index is 1.74. The summed E-state index contributed by atoms with van der Waals surface area (Å²) in [5, 5.41) is 8.44. The highest BCUT2D eigenvalue weighted by molar-refractivity contribution is 7.71. The van der Waals surface area contributed by atoms with E-state index in [4.69, 9.17) is 17.0 Å². The summed E-state index contributed by atoms with van der Waals surface area (Å²) in [6.07, 6.45) is 6.50. The lowest BCUT2D eigenvalue weighted by atomic mass is 10.1. The molecule has 0 amide bonds. The molecule has 0 bridgehead atoms. The van der Waals surface area contributed by atoms with Crippen molar-refractivity contribution >= 4 is 12.2 Å². The molecule has 1 saturated heterocycles. The van der Waals surface area contributed by atoms with Gasteiger partial charge in [-0.25, -0.2) is 4.68 Å². The molecule has 6 nitrogen and oxygen atoms in total. The van der Waals surface area contributed by atoms with E-state index < -0.39 is 0 Å². The largest absolute Gasteiger partial charge is 0.497 e. The fraction of sp³-hybridized carbons (Fsp3) is 0.562. The quantitative estimate of drug-likeness (QED) is 0.805. The second-order valence-electron chi connectivity index (χ2n) is 5.90. The Morgan fingerprint density at radius 3 is 2.30 bits per heavy atom. The molecule has 1 aliphatic rings. The summed E-state index contributed by atoms with van der Waals surface area (Å²) in [6, 6.07) is 7.66. The van der Waals surface area contributed by atoms with Crippen molar-refractivity contribution in [2.45, 2.75) is 38.8 Å². The molecule has 0 radical (unpaired) electrons. The van der Waals surface area contributed by atoms with Crippen LogP contribution in [0.3, 0.4) is 0 Å². The fourth-order valence-electron chi connectivity index (χ4n) is 2.89. The molecule has 1 fully saturated rings. The summed E-state index contributed by atoms with van der Waals surface area (Å²) in [6.45, 7) is 2.93. The van der Waals surface area contributed by atoms with E-state index in [1.165, 1.54) is 32.1 Å². The molecule has 3 rings (SSSR count). The average molecular weight is 333 g/mol. The number of rotatable bonds is 4. The van der Waals surface area contributed by atoms with E-state index in [9.17, 15) is 0 Å². The van der Waals surface area contributed by atoms with Crippen LogP contribution in [0.4, 0.5) is 0 Å². The van der Waals surface area contributed by atoms with E-state index in [0.717, 1.165) is 31.2 Å². The number of hydrogen-bond acceptors (Lipinski definition) is 5. The second-order valence-corrected chi connectivity index (χ2v) is 6.26. The molecule has 0 spiro atoms. The van der Waals surface area contributed by atoms with Gasteiger partial charge in [0.25, 0.3) is 0 Å². The van der Waals surface area contributed by atoms with E-state index in [2.05, 4.69) is 15.3 Å². The molecule has 2 aromatic rings. The molecule has 23 heavy (non-hydrogen) atoms. The molecule has 7 heteroatoms. The second kappa shape index (κ2) is 7.70. The van der Waals surface area contributed by atoms with Gasteiger partial charge in [0.1, 0.15) is 5.75 Å². The van der Waals surface area contributed by atoms with Crippen LogP contribution < -0.4 is 4.74 Å². The van der Waals surface area contributed by atoms with E-state index in [-0.39, 0.29) is 0 Å². The standard InChI is InChI=1S/C16H23N5OS/c1-22-15-9-7-14(8-10-15)21-16(23)20(17-18-21)13-19-11-5-3-2-4-6-12-19/h7-10H,2-6,11-13H2,1H3. The third-order valence-corrected chi connectivity index (χ3v) is 4.62. The lowest BCUT2D eigenvalue weighted by molar-refractivity contribution is 0.186. The first kappa shape index (κ1) is 16.1. The minimum Gasteiger partial charge on any atom is -0.497 e. The van der Waals surface area contributed by atoms with Crippen LogP contribution in [0.15, 0.2) is 24.3 Å². The molecule has 0 unspecified atom stereocenters. The van der Waals surface area contributed by atoms with Gasteiger partial charge in [-0.1, -0.05) is 19.3 Å². The molecular weight excluding hydrogens is 310 g/mol. The summed E-state index contributed by atoms with van der Waals surface area (Å²) >= 11 is 5.54. The molecule has 1 aliphatic heterocycles. The van der Waals surface area contributed by atoms with Crippen LogP contribution in [0.2, 0.25) is 0 Å². The zero-order valence-electron chi connectivity index (χ0n) is 13.5. The first-order valence-corrected chi connectivity index (χ1v) is 8.58. The summed E-state index contributed by atoms with van der Waals surface area (Å²) in [7, 11) is 1.65. The highest BCUT2D eigenvalue weighted by atomic mass is 32.1. The fourth-order valence-corrected chi connectivity index (χ4v) is 3.13. The number of tetrazole rings is 1. The van der Waals surface area contributed by atoms with Gasteiger partial charge in [-0.2, -0.15) is 4.68 Å². The first-order valence-electron chi connectivity index (χ1n) is 8.17. The number of aromatic nitrogens is 4. The lowest BCUT2D eigenvalue weighted by Crippen LogP contribution is -2.30. The van der Waals surface area contributed by atoms with Crippen LogP contribution >= 0.6 is 12.2 Å². The zero-order valence-corrected chi connectivity index (χ0v) is 14.3. The van der Waals surface area contributed by atoms with Crippen molar-refractivity contribution in [2.75, 3.05) is 20.2 Å². The number of hydrogen-bond donors (Lipinski definition) is 0. The summed E-state index contributed by atoms with van der Waals surface area (Å²) < 4.78 is 9.30. The van der Waals surface area contributed by atoms with Gasteiger partial charge in [-0.3, -0.25) is 4.90 Å². The van der Waals surface area contributed by atoms with Gasteiger partial charge in [0, 0.05) is 0 Å². The van der Waals surface area contributed by atoms with Crippen LogP contribution in [-0.4, -0.2) is 44.9 Å². The monoisotopic (exact) mass is 333 g/mol. The van der Waals surface area contributed by atoms with Crippen LogP contribution in [-0.2, 0) is 6.67 Å². The number of nitrogens with zero attached hydrogens (tertiary/aromatic N) is 5. The van der Waals surface area contributed by atoms with Gasteiger partial charge in [0.05, 0.1) is 19.5 Å². The van der Waals surface area contributed by atoms with E-state index >= 15 is 0 Å². The molecule has 124 valence electrons. The minimum atomic E-state index is 0.622. The Bertz CT molecular complexity index is 671. The number of ether oxygens (including phenoxy) is 1. The van der Waals surface area contributed by atoms with Gasteiger partial charge in [-0.05, 0) is 72.8 Å². The van der Waals surface area contributed by atoms with Gasteiger partial charge >= 0.3 is 0 Å². The lowest BCUT2D eigenvalue weighted by Gasteiger charge is -2.23. The molecular formula is C16H23N5OS. The van der Waals surface area contributed by atoms with Crippen molar-refractivity contribution in [3.8, 4) is 11.4 Å². The Labute approximate surface area is 141 Å². The van der Waals surface area contributed by atoms with E-state index in [0.29, 0.717) is 4.77 Å². The van der Waals surface area contributed by atoms with Gasteiger partial charge in [-0.15, -0.1) is 0 Å². The molecule has 0 saturated carbocycles. The topological polar surface area (TPSA) is 48.1 Å². The van der Waals surface area contributed by atoms with Crippen molar-refractivity contribution in [3.05, 3.63) is 29.0 Å². The molecule has 0 atom stereocenters. The van der Waals surface area contributed by atoms with Crippen molar-refractivity contribution < 1.29 is 4.74 Å². The number of benzene rings is 1. The number of likely N-dealkylation sites (tertiary alicyclic amines) is 1. The molecule has 0 aliphatic carbocycles. The van der Waals surface area contributed by atoms with Crippen LogP contribution in [0.1, 0.15) is 32.1 Å². The maximum absolute atomic E-state index is 5.54. The van der Waals surface area contributed by atoms with Gasteiger partial charge in [0.2, 0.25) is 4.77 Å². The van der Waals surface area contributed by atoms with Crippen molar-refractivity contribution in [2.24, 2.45) is 0 Å². The maximum Gasteiger partial charge on any atom is 0.221 e. The van der Waals surface area contributed by atoms with E-state index in [1.807, 2.05) is 24.3 Å². The zero-order chi connectivity index (χ0) is 16.1. The van der Waals surface area contributed by atoms with Crippen LogP contribution in [0.5, 0.6) is 5.75 Å². The highest BCUT2D eigenvalue weighted by Crippen LogP contribution is 2.15. The SMILES string of the molecule is COc1ccc(-n2nnn(CN3CCCCCCC3)c2=S)cc1. The van der Waals surface area contributed by atoms with Gasteiger partial charge < -0.3 is 4.74 Å². The van der Waals surface area contributed by atoms with Crippen molar-refractivity contribution in [1.82, 2.24) is 24.7 Å². The average Bonchev–Trinajstić information content (AvgIpc) is 2.91. The van der Waals surface area contributed by atoms with Crippen molar-refractivity contribution in [1.29, 1.82) is 0 Å². The molecule has 1 aromatic heterocycles. The Hall–Kier alpha value is -1.73.